The smallest absolute Gasteiger partial charge is 0.381 e. The summed E-state index contributed by atoms with van der Waals surface area (Å²) in [5, 5.41) is 10.4. The van der Waals surface area contributed by atoms with Crippen LogP contribution < -0.4 is 0 Å². The van der Waals surface area contributed by atoms with E-state index in [9.17, 15) is 44.6 Å². The molecule has 2 rings (SSSR count). The van der Waals surface area contributed by atoms with Crippen molar-refractivity contribution in [2.75, 3.05) is 0 Å². The van der Waals surface area contributed by atoms with Crippen LogP contribution in [0.5, 0.6) is 0 Å². The maximum atomic E-state index is 14.8. The van der Waals surface area contributed by atoms with Crippen LogP contribution in [0, 0.1) is 0 Å². The van der Waals surface area contributed by atoms with Gasteiger partial charge in [-0.25, -0.2) is 4.39 Å². The molecule has 1 aliphatic rings. The normalized spacial score (nSPS) is 26.6. The summed E-state index contributed by atoms with van der Waals surface area (Å²) in [4.78, 5) is 0. The molecule has 1 unspecified atom stereocenters. The number of benzene rings is 1. The van der Waals surface area contributed by atoms with Crippen LogP contribution in [-0.4, -0.2) is 34.5 Å². The minimum atomic E-state index is -6.65. The van der Waals surface area contributed by atoms with E-state index in [0.717, 1.165) is 6.07 Å². The lowest BCUT2D eigenvalue weighted by molar-refractivity contribution is -0.303. The van der Waals surface area contributed by atoms with E-state index in [2.05, 4.69) is 0 Å². The largest absolute Gasteiger partial charge is 0.385 e. The molecule has 1 saturated carbocycles. The highest BCUT2D eigenvalue weighted by Gasteiger charge is 3.00. The average molecular weight is 422 g/mol. The maximum Gasteiger partial charge on any atom is 0.381 e. The summed E-state index contributed by atoms with van der Waals surface area (Å²) in [6.07, 6.45) is -2.38. The van der Waals surface area contributed by atoms with Gasteiger partial charge in [0.1, 0.15) is 0 Å². The van der Waals surface area contributed by atoms with Crippen molar-refractivity contribution >= 4 is 0 Å². The van der Waals surface area contributed by atoms with E-state index < -0.39 is 46.8 Å². The molecule has 0 radical (unpaired) electrons. The fourth-order valence-corrected chi connectivity index (χ4v) is 3.21. The lowest BCUT2D eigenvalue weighted by atomic mass is 9.78. The molecular weight excluding hydrogens is 403 g/mol. The van der Waals surface area contributed by atoms with Gasteiger partial charge >= 0.3 is 23.7 Å². The highest BCUT2D eigenvalue weighted by molar-refractivity contribution is 5.34. The van der Waals surface area contributed by atoms with Gasteiger partial charge in [-0.15, -0.1) is 0 Å². The summed E-state index contributed by atoms with van der Waals surface area (Å²) in [7, 11) is 0. The van der Waals surface area contributed by atoms with Crippen molar-refractivity contribution in [1.82, 2.24) is 0 Å². The molecule has 1 fully saturated rings. The zero-order valence-corrected chi connectivity index (χ0v) is 15.4. The van der Waals surface area contributed by atoms with Gasteiger partial charge in [0.05, 0.1) is 5.60 Å². The molecule has 28 heavy (non-hydrogen) atoms. The lowest BCUT2D eigenvalue weighted by Crippen LogP contribution is -2.57. The van der Waals surface area contributed by atoms with Gasteiger partial charge in [0.2, 0.25) is 0 Å². The summed E-state index contributed by atoms with van der Waals surface area (Å²) in [5.74, 6) is -26.2. The van der Waals surface area contributed by atoms with Gasteiger partial charge in [0.15, 0.2) is 0 Å². The van der Waals surface area contributed by atoms with Crippen molar-refractivity contribution in [1.29, 1.82) is 0 Å². The Morgan fingerprint density at radius 2 is 1.11 bits per heavy atom. The van der Waals surface area contributed by atoms with E-state index in [1.165, 1.54) is 12.1 Å². The molecular formula is C18H19F9O. The summed E-state index contributed by atoms with van der Waals surface area (Å²) in [6.45, 7) is 5.78. The molecule has 10 heteroatoms. The van der Waals surface area contributed by atoms with E-state index >= 15 is 0 Å². The summed E-state index contributed by atoms with van der Waals surface area (Å²) >= 11 is 0. The minimum Gasteiger partial charge on any atom is -0.385 e. The highest BCUT2D eigenvalue weighted by Crippen LogP contribution is 2.70. The van der Waals surface area contributed by atoms with Gasteiger partial charge in [0, 0.05) is 6.42 Å². The van der Waals surface area contributed by atoms with Crippen molar-refractivity contribution in [2.24, 2.45) is 0 Å². The van der Waals surface area contributed by atoms with Crippen molar-refractivity contribution in [2.45, 2.75) is 74.5 Å². The molecule has 1 aromatic rings. The molecule has 1 N–H and O–H groups in total. The molecule has 1 aliphatic carbocycles. The zero-order valence-electron chi connectivity index (χ0n) is 15.4. The van der Waals surface area contributed by atoms with Gasteiger partial charge in [0.25, 0.3) is 5.67 Å². The van der Waals surface area contributed by atoms with Crippen LogP contribution in [-0.2, 0) is 11.0 Å². The predicted octanol–water partition coefficient (Wildman–Crippen LogP) is 5.84. The third kappa shape index (κ3) is 2.66. The number of halogens is 9. The van der Waals surface area contributed by atoms with Crippen LogP contribution in [0.4, 0.5) is 39.5 Å². The first kappa shape index (κ1) is 22.8. The molecule has 0 heterocycles. The number of aliphatic hydroxyl groups is 1. The van der Waals surface area contributed by atoms with E-state index in [0.29, 0.717) is 12.5 Å². The van der Waals surface area contributed by atoms with Gasteiger partial charge in [-0.3, -0.25) is 0 Å². The SMILES string of the molecule is CC(C)(C)c1cccc(C(C)(O)CC2(F)C(F)(F)C(F)(F)C(F)(F)C2(F)F)c1. The third-order valence-corrected chi connectivity index (χ3v) is 5.12. The second kappa shape index (κ2) is 5.79. The Labute approximate surface area is 155 Å². The van der Waals surface area contributed by atoms with E-state index in [4.69, 9.17) is 0 Å². The first-order valence-electron chi connectivity index (χ1n) is 8.20. The molecule has 0 bridgehead atoms. The molecule has 0 saturated heterocycles. The number of alkyl halides is 9. The van der Waals surface area contributed by atoms with Crippen LogP contribution in [0.2, 0.25) is 0 Å². The van der Waals surface area contributed by atoms with Gasteiger partial charge in [-0.1, -0.05) is 45.0 Å². The van der Waals surface area contributed by atoms with Crippen LogP contribution in [0.3, 0.4) is 0 Å². The lowest BCUT2D eigenvalue weighted by Gasteiger charge is -2.37. The predicted molar refractivity (Wildman–Crippen MR) is 83.0 cm³/mol. The number of rotatable bonds is 3. The first-order chi connectivity index (χ1) is 12.2. The second-order valence-electron chi connectivity index (χ2n) is 8.38. The maximum absolute atomic E-state index is 14.8. The average Bonchev–Trinajstić information content (AvgIpc) is 2.56. The van der Waals surface area contributed by atoms with Crippen LogP contribution in [0.25, 0.3) is 0 Å². The Hall–Kier alpha value is -1.45. The molecule has 0 aliphatic heterocycles. The second-order valence-corrected chi connectivity index (χ2v) is 8.38. The topological polar surface area (TPSA) is 20.2 Å². The quantitative estimate of drug-likeness (QED) is 0.607. The van der Waals surface area contributed by atoms with Crippen LogP contribution in [0.1, 0.15) is 45.2 Å². The minimum absolute atomic E-state index is 0.359. The molecule has 1 aromatic carbocycles. The van der Waals surface area contributed by atoms with Crippen molar-refractivity contribution in [3.63, 3.8) is 0 Å². The van der Waals surface area contributed by atoms with Crippen LogP contribution in [0.15, 0.2) is 24.3 Å². The Bertz CT molecular complexity index is 737. The fraction of sp³-hybridized carbons (Fsp3) is 0.667. The van der Waals surface area contributed by atoms with Gasteiger partial charge < -0.3 is 5.11 Å². The molecule has 160 valence electrons. The molecule has 0 amide bonds. The Morgan fingerprint density at radius 3 is 1.50 bits per heavy atom. The molecule has 0 aromatic heterocycles. The number of hydrogen-bond acceptors (Lipinski definition) is 1. The molecule has 1 nitrogen and oxygen atoms in total. The fourth-order valence-electron chi connectivity index (χ4n) is 3.21. The summed E-state index contributed by atoms with van der Waals surface area (Å²) in [5.41, 5.74) is -9.00. The van der Waals surface area contributed by atoms with E-state index in [1.54, 1.807) is 26.8 Å². The zero-order chi connectivity index (χ0) is 22.2. The summed E-state index contributed by atoms with van der Waals surface area (Å²) in [6, 6.07) is 5.11. The Kier molecular flexibility index (Phi) is 4.73. The molecule has 1 atom stereocenters. The number of hydrogen-bond donors (Lipinski definition) is 1. The Balaban J connectivity index is 2.59. The van der Waals surface area contributed by atoms with Crippen molar-refractivity contribution in [3.8, 4) is 0 Å². The van der Waals surface area contributed by atoms with E-state index in [1.807, 2.05) is 0 Å². The first-order valence-corrected chi connectivity index (χ1v) is 8.20. The summed E-state index contributed by atoms with van der Waals surface area (Å²) < 4.78 is 124. The van der Waals surface area contributed by atoms with Gasteiger partial charge in [-0.2, -0.15) is 35.1 Å². The standard InChI is InChI=1S/C18H19F9O/c1-12(2,3)10-6-5-7-11(8-10)13(4,28)9-14(19)15(20,21)17(24,25)18(26,27)16(14,22)23/h5-8,28H,9H2,1-4H3. The third-order valence-electron chi connectivity index (χ3n) is 5.12. The van der Waals surface area contributed by atoms with Crippen molar-refractivity contribution in [3.05, 3.63) is 35.4 Å². The molecule has 0 spiro atoms. The Morgan fingerprint density at radius 1 is 0.714 bits per heavy atom. The van der Waals surface area contributed by atoms with E-state index in [-0.39, 0.29) is 5.56 Å². The highest BCUT2D eigenvalue weighted by atomic mass is 19.4. The van der Waals surface area contributed by atoms with Crippen molar-refractivity contribution < 1.29 is 44.6 Å². The van der Waals surface area contributed by atoms with Crippen LogP contribution >= 0.6 is 0 Å². The van der Waals surface area contributed by atoms with Gasteiger partial charge in [-0.05, 0) is 23.5 Å². The monoisotopic (exact) mass is 422 g/mol.